The van der Waals surface area contributed by atoms with Gasteiger partial charge in [0, 0.05) is 0 Å². The Labute approximate surface area is 104 Å². The average Bonchev–Trinajstić information content (AvgIpc) is 2.64. The standard InChI is InChI=1S/C10H13ClN2O2S/c1-2-3-6(9(12)16)13-10(14)7-4-5-8(11)15-7/h4-6H,2-3H2,1H3,(H2,12,16)(H,13,14). The third kappa shape index (κ3) is 3.50. The molecular formula is C10H13ClN2O2S. The zero-order chi connectivity index (χ0) is 12.1. The number of hydrogen-bond donors (Lipinski definition) is 2. The van der Waals surface area contributed by atoms with Crippen molar-refractivity contribution in [2.45, 2.75) is 25.8 Å². The van der Waals surface area contributed by atoms with E-state index in [1.165, 1.54) is 12.1 Å². The van der Waals surface area contributed by atoms with Gasteiger partial charge in [-0.05, 0) is 30.2 Å². The molecule has 3 N–H and O–H groups in total. The second kappa shape index (κ2) is 5.86. The molecular weight excluding hydrogens is 248 g/mol. The maximum absolute atomic E-state index is 11.7. The molecule has 0 spiro atoms. The molecule has 0 radical (unpaired) electrons. The molecule has 6 heteroatoms. The summed E-state index contributed by atoms with van der Waals surface area (Å²) in [5.41, 5.74) is 5.51. The SMILES string of the molecule is CCCC(NC(=O)c1ccc(Cl)o1)C(N)=S. The smallest absolute Gasteiger partial charge is 0.287 e. The lowest BCUT2D eigenvalue weighted by Crippen LogP contribution is -2.43. The summed E-state index contributed by atoms with van der Waals surface area (Å²) in [5, 5.41) is 2.86. The number of hydrogen-bond acceptors (Lipinski definition) is 3. The Hall–Kier alpha value is -1.07. The van der Waals surface area contributed by atoms with Crippen molar-refractivity contribution in [2.24, 2.45) is 5.73 Å². The lowest BCUT2D eigenvalue weighted by molar-refractivity contribution is 0.0918. The van der Waals surface area contributed by atoms with Crippen LogP contribution in [0.4, 0.5) is 0 Å². The van der Waals surface area contributed by atoms with Crippen LogP contribution in [0.3, 0.4) is 0 Å². The van der Waals surface area contributed by atoms with Crippen molar-refractivity contribution in [2.75, 3.05) is 0 Å². The van der Waals surface area contributed by atoms with E-state index in [0.29, 0.717) is 6.42 Å². The van der Waals surface area contributed by atoms with E-state index in [2.05, 4.69) is 5.32 Å². The summed E-state index contributed by atoms with van der Waals surface area (Å²) in [7, 11) is 0. The van der Waals surface area contributed by atoms with Gasteiger partial charge in [-0.15, -0.1) is 0 Å². The Bertz CT molecular complexity index is 392. The van der Waals surface area contributed by atoms with Gasteiger partial charge < -0.3 is 15.5 Å². The van der Waals surface area contributed by atoms with Crippen molar-refractivity contribution >= 4 is 34.7 Å². The number of nitrogens with two attached hydrogens (primary N) is 1. The van der Waals surface area contributed by atoms with Crippen LogP contribution in [0.2, 0.25) is 5.22 Å². The first-order chi connectivity index (χ1) is 7.54. The fourth-order valence-corrected chi connectivity index (χ4v) is 1.56. The zero-order valence-electron chi connectivity index (χ0n) is 8.83. The van der Waals surface area contributed by atoms with Crippen LogP contribution in [0.1, 0.15) is 30.3 Å². The molecule has 0 fully saturated rings. The first-order valence-corrected chi connectivity index (χ1v) is 5.68. The molecule has 1 heterocycles. The van der Waals surface area contributed by atoms with Crippen molar-refractivity contribution in [3.8, 4) is 0 Å². The van der Waals surface area contributed by atoms with Gasteiger partial charge in [-0.2, -0.15) is 0 Å². The lowest BCUT2D eigenvalue weighted by Gasteiger charge is -2.15. The molecule has 16 heavy (non-hydrogen) atoms. The lowest BCUT2D eigenvalue weighted by atomic mass is 10.1. The zero-order valence-corrected chi connectivity index (χ0v) is 10.4. The number of carbonyl (C=O) groups is 1. The van der Waals surface area contributed by atoms with Crippen molar-refractivity contribution in [3.63, 3.8) is 0 Å². The van der Waals surface area contributed by atoms with Crippen LogP contribution in [-0.2, 0) is 0 Å². The molecule has 0 aliphatic rings. The number of carbonyl (C=O) groups excluding carboxylic acids is 1. The first-order valence-electron chi connectivity index (χ1n) is 4.90. The van der Waals surface area contributed by atoms with Crippen LogP contribution in [-0.4, -0.2) is 16.9 Å². The van der Waals surface area contributed by atoms with Crippen LogP contribution < -0.4 is 11.1 Å². The molecule has 1 aromatic rings. The fourth-order valence-electron chi connectivity index (χ4n) is 1.24. The van der Waals surface area contributed by atoms with Gasteiger partial charge >= 0.3 is 0 Å². The third-order valence-corrected chi connectivity index (χ3v) is 2.51. The van der Waals surface area contributed by atoms with E-state index in [9.17, 15) is 4.79 Å². The summed E-state index contributed by atoms with van der Waals surface area (Å²) in [6.45, 7) is 1.99. The van der Waals surface area contributed by atoms with Crippen LogP contribution in [0.25, 0.3) is 0 Å². The predicted octanol–water partition coefficient (Wildman–Crippen LogP) is 2.12. The summed E-state index contributed by atoms with van der Waals surface area (Å²) in [6.07, 6.45) is 1.58. The number of rotatable bonds is 5. The fraction of sp³-hybridized carbons (Fsp3) is 0.400. The van der Waals surface area contributed by atoms with Crippen LogP contribution in [0, 0.1) is 0 Å². The highest BCUT2D eigenvalue weighted by molar-refractivity contribution is 7.80. The van der Waals surface area contributed by atoms with Crippen LogP contribution in [0.5, 0.6) is 0 Å². The second-order valence-corrected chi connectivity index (χ2v) is 4.16. The molecule has 1 rings (SSSR count). The number of halogens is 1. The summed E-state index contributed by atoms with van der Waals surface area (Å²) in [4.78, 5) is 11.9. The van der Waals surface area contributed by atoms with Crippen molar-refractivity contribution < 1.29 is 9.21 Å². The topological polar surface area (TPSA) is 68.3 Å². The Morgan fingerprint density at radius 3 is 2.81 bits per heavy atom. The molecule has 0 aromatic carbocycles. The van der Waals surface area contributed by atoms with Crippen molar-refractivity contribution in [3.05, 3.63) is 23.1 Å². The van der Waals surface area contributed by atoms with Crippen molar-refractivity contribution in [1.29, 1.82) is 0 Å². The van der Waals surface area contributed by atoms with E-state index >= 15 is 0 Å². The van der Waals surface area contributed by atoms with Gasteiger partial charge in [0.2, 0.25) is 0 Å². The number of amides is 1. The molecule has 1 unspecified atom stereocenters. The minimum Gasteiger partial charge on any atom is -0.440 e. The maximum Gasteiger partial charge on any atom is 0.287 e. The Morgan fingerprint density at radius 2 is 2.38 bits per heavy atom. The van der Waals surface area contributed by atoms with Crippen LogP contribution in [0.15, 0.2) is 16.5 Å². The van der Waals surface area contributed by atoms with Gasteiger partial charge in [0.05, 0.1) is 11.0 Å². The summed E-state index contributed by atoms with van der Waals surface area (Å²) < 4.78 is 4.97. The van der Waals surface area contributed by atoms with Gasteiger partial charge in [0.1, 0.15) is 0 Å². The number of thiocarbonyl (C=S) groups is 1. The van der Waals surface area contributed by atoms with Gasteiger partial charge in [0.15, 0.2) is 11.0 Å². The molecule has 1 aromatic heterocycles. The van der Waals surface area contributed by atoms with E-state index in [-0.39, 0.29) is 27.9 Å². The summed E-state index contributed by atoms with van der Waals surface area (Å²) in [5.74, 6) is -0.208. The van der Waals surface area contributed by atoms with Crippen molar-refractivity contribution in [1.82, 2.24) is 5.32 Å². The highest BCUT2D eigenvalue weighted by Crippen LogP contribution is 2.13. The first kappa shape index (κ1) is 13.0. The molecule has 0 aliphatic heterocycles. The van der Waals surface area contributed by atoms with Gasteiger partial charge in [0.25, 0.3) is 5.91 Å². The third-order valence-electron chi connectivity index (χ3n) is 2.02. The number of nitrogens with one attached hydrogen (secondary N) is 1. The molecule has 4 nitrogen and oxygen atoms in total. The summed E-state index contributed by atoms with van der Waals surface area (Å²) >= 11 is 10.4. The Kier molecular flexibility index (Phi) is 4.76. The largest absolute Gasteiger partial charge is 0.440 e. The predicted molar refractivity (Wildman–Crippen MR) is 66.7 cm³/mol. The highest BCUT2D eigenvalue weighted by atomic mass is 35.5. The van der Waals surface area contributed by atoms with Gasteiger partial charge in [-0.3, -0.25) is 4.79 Å². The number of furan rings is 1. The molecule has 0 aliphatic carbocycles. The second-order valence-electron chi connectivity index (χ2n) is 3.32. The van der Waals surface area contributed by atoms with E-state index in [4.69, 9.17) is 34.0 Å². The van der Waals surface area contributed by atoms with Crippen LogP contribution >= 0.6 is 23.8 Å². The molecule has 0 saturated heterocycles. The molecule has 0 saturated carbocycles. The van der Waals surface area contributed by atoms with Gasteiger partial charge in [-0.1, -0.05) is 25.6 Å². The highest BCUT2D eigenvalue weighted by Gasteiger charge is 2.17. The quantitative estimate of drug-likeness (QED) is 0.796. The molecule has 1 amide bonds. The Morgan fingerprint density at radius 1 is 1.69 bits per heavy atom. The molecule has 1 atom stereocenters. The molecule has 88 valence electrons. The summed E-state index contributed by atoms with van der Waals surface area (Å²) in [6, 6.07) is 2.70. The molecule has 0 bridgehead atoms. The van der Waals surface area contributed by atoms with Gasteiger partial charge in [-0.25, -0.2) is 0 Å². The Balaban J connectivity index is 2.65. The van der Waals surface area contributed by atoms with E-state index in [1.807, 2.05) is 6.92 Å². The normalized spacial score (nSPS) is 12.1. The monoisotopic (exact) mass is 260 g/mol. The van der Waals surface area contributed by atoms with E-state index in [1.54, 1.807) is 0 Å². The van der Waals surface area contributed by atoms with E-state index < -0.39 is 0 Å². The van der Waals surface area contributed by atoms with E-state index in [0.717, 1.165) is 6.42 Å². The maximum atomic E-state index is 11.7. The minimum atomic E-state index is -0.363. The minimum absolute atomic E-state index is 0.155. The average molecular weight is 261 g/mol.